The molecule has 0 radical (unpaired) electrons. The van der Waals surface area contributed by atoms with Crippen molar-refractivity contribution < 1.29 is 15.2 Å². The normalized spacial score (nSPS) is 16.0. The molecule has 1 aromatic rings. The topological polar surface area (TPSA) is 35.5 Å². The van der Waals surface area contributed by atoms with Crippen molar-refractivity contribution in [2.24, 2.45) is 0 Å². The van der Waals surface area contributed by atoms with Crippen LogP contribution in [0.2, 0.25) is 0 Å². The van der Waals surface area contributed by atoms with E-state index >= 15 is 0 Å². The van der Waals surface area contributed by atoms with Gasteiger partial charge in [-0.05, 0) is 38.9 Å². The van der Waals surface area contributed by atoms with E-state index in [1.807, 2.05) is 13.8 Å². The largest absolute Gasteiger partial charge is 0.490 e. The molecule has 1 atom stereocenters. The first-order valence-corrected chi connectivity index (χ1v) is 6.71. The lowest BCUT2D eigenvalue weighted by Crippen LogP contribution is -2.08. The third-order valence-electron chi connectivity index (χ3n) is 1.93. The van der Waals surface area contributed by atoms with Crippen molar-refractivity contribution >= 4 is 19.4 Å². The summed E-state index contributed by atoms with van der Waals surface area (Å²) in [5, 5.41) is 0.0698. The molecule has 0 amide bonds. The number of benzene rings is 1. The molecule has 0 saturated heterocycles. The molecule has 0 bridgehead atoms. The van der Waals surface area contributed by atoms with Gasteiger partial charge in [-0.2, -0.15) is 0 Å². The summed E-state index contributed by atoms with van der Waals surface area (Å²) < 4.78 is 38.4. The summed E-state index contributed by atoms with van der Waals surface area (Å²) in [5.41, 5.74) is 0.429. The van der Waals surface area contributed by atoms with Crippen LogP contribution in [0.3, 0.4) is 0 Å². The fourth-order valence-electron chi connectivity index (χ4n) is 1.29. The molecule has 0 aromatic heterocycles. The van der Waals surface area contributed by atoms with Gasteiger partial charge < -0.3 is 9.26 Å². The van der Waals surface area contributed by atoms with E-state index in [-0.39, 0.29) is 24.1 Å². The zero-order chi connectivity index (χ0) is 14.6. The van der Waals surface area contributed by atoms with Crippen LogP contribution in [0.25, 0.3) is 6.08 Å². The van der Waals surface area contributed by atoms with Crippen LogP contribution in [0.15, 0.2) is 24.8 Å². The van der Waals surface area contributed by atoms with Crippen LogP contribution in [-0.2, 0) is 9.09 Å². The van der Waals surface area contributed by atoms with E-state index in [0.29, 0.717) is 11.3 Å². The van der Waals surface area contributed by atoms with Crippen LogP contribution in [0.5, 0.6) is 5.75 Å². The molecule has 0 aliphatic carbocycles. The summed E-state index contributed by atoms with van der Waals surface area (Å²) in [6.45, 7) is 9.21. The van der Waals surface area contributed by atoms with Gasteiger partial charge in [0.1, 0.15) is 7.03 Å². The molecule has 17 heavy (non-hydrogen) atoms. The van der Waals surface area contributed by atoms with E-state index < -0.39 is 7.97 Å². The number of hydrogen-bond acceptors (Lipinski definition) is 3. The zero-order valence-corrected chi connectivity index (χ0v) is 11.3. The van der Waals surface area contributed by atoms with Crippen molar-refractivity contribution in [1.82, 2.24) is 0 Å². The molecule has 4 heteroatoms. The van der Waals surface area contributed by atoms with Crippen LogP contribution >= 0.6 is 7.97 Å². The molecular weight excluding hydrogens is 235 g/mol. The van der Waals surface area contributed by atoms with Gasteiger partial charge in [0.25, 0.3) is 0 Å². The highest BCUT2D eigenvalue weighted by Crippen LogP contribution is 2.26. The molecule has 0 fully saturated rings. The van der Waals surface area contributed by atoms with Gasteiger partial charge in [0.05, 0.1) is 14.1 Å². The third kappa shape index (κ3) is 4.03. The molecule has 0 N–H and O–H groups in total. The van der Waals surface area contributed by atoms with Crippen molar-refractivity contribution in [3.8, 4) is 5.75 Å². The summed E-state index contributed by atoms with van der Waals surface area (Å²) in [6.07, 6.45) is 1.42. The fourth-order valence-corrected chi connectivity index (χ4v) is 2.07. The van der Waals surface area contributed by atoms with E-state index in [0.717, 1.165) is 0 Å². The lowest BCUT2D eigenvalue weighted by Gasteiger charge is -2.13. The SMILES string of the molecule is [2H]c1c(P([2H])(=O)OCC)ccc(OC(C)C)c1C=C. The standard InChI is InChI=1S/C13H19O3P/c1-5-11-9-12(17(14)15-6-2)7-8-13(11)16-10(3)4/h5,7-10,17H,1,6H2,2-4H3/i9D,17D. The monoisotopic (exact) mass is 256 g/mol. The number of ether oxygens (including phenoxy) is 1. The average molecular weight is 256 g/mol. The molecule has 1 aromatic carbocycles. The van der Waals surface area contributed by atoms with Crippen LogP contribution in [0.1, 0.15) is 27.7 Å². The first-order valence-electron chi connectivity index (χ1n) is 6.48. The van der Waals surface area contributed by atoms with Crippen LogP contribution in [-0.4, -0.2) is 14.0 Å². The second-order valence-electron chi connectivity index (χ2n) is 3.67. The summed E-state index contributed by atoms with van der Waals surface area (Å²) in [6, 6.07) is 3.03. The molecule has 0 aliphatic rings. The Kier molecular flexibility index (Phi) is 4.31. The Morgan fingerprint density at radius 1 is 1.65 bits per heavy atom. The molecule has 3 nitrogen and oxygen atoms in total. The Balaban J connectivity index is 3.33. The molecule has 1 unspecified atom stereocenters. The molecule has 0 spiro atoms. The molecular formula is C13H19O3P. The molecule has 0 heterocycles. The lowest BCUT2D eigenvalue weighted by atomic mass is 10.2. The predicted molar refractivity (Wildman–Crippen MR) is 72.6 cm³/mol. The highest BCUT2D eigenvalue weighted by Gasteiger charge is 2.08. The Morgan fingerprint density at radius 2 is 2.35 bits per heavy atom. The van der Waals surface area contributed by atoms with Gasteiger partial charge in [0.2, 0.25) is 7.97 Å². The van der Waals surface area contributed by atoms with Crippen molar-refractivity contribution in [3.63, 3.8) is 0 Å². The second-order valence-corrected chi connectivity index (χ2v) is 4.92. The molecule has 94 valence electrons. The van der Waals surface area contributed by atoms with E-state index in [9.17, 15) is 4.57 Å². The maximum atomic E-state index is 12.1. The van der Waals surface area contributed by atoms with E-state index in [1.165, 1.54) is 12.1 Å². The summed E-state index contributed by atoms with van der Waals surface area (Å²) >= 11 is 0. The van der Waals surface area contributed by atoms with Gasteiger partial charge in [-0.25, -0.2) is 0 Å². The van der Waals surface area contributed by atoms with Crippen LogP contribution in [0, 0.1) is 0 Å². The highest BCUT2D eigenvalue weighted by atomic mass is 31.1. The Hall–Kier alpha value is -1.05. The molecule has 0 aliphatic heterocycles. The van der Waals surface area contributed by atoms with Crippen molar-refractivity contribution in [2.45, 2.75) is 26.9 Å². The van der Waals surface area contributed by atoms with Crippen molar-refractivity contribution in [1.29, 1.82) is 1.28 Å². The van der Waals surface area contributed by atoms with Crippen LogP contribution in [0.4, 0.5) is 0 Å². The van der Waals surface area contributed by atoms with Crippen molar-refractivity contribution in [2.75, 3.05) is 6.61 Å². The minimum absolute atomic E-state index is 0.0278. The Labute approximate surface area is 106 Å². The first-order chi connectivity index (χ1) is 8.83. The molecule has 1 rings (SSSR count). The third-order valence-corrected chi connectivity index (χ3v) is 3.08. The zero-order valence-electron chi connectivity index (χ0n) is 12.4. The van der Waals surface area contributed by atoms with Gasteiger partial charge in [0.15, 0.2) is 0 Å². The quantitative estimate of drug-likeness (QED) is 0.733. The smallest absolute Gasteiger partial charge is 0.220 e. The van der Waals surface area contributed by atoms with Crippen molar-refractivity contribution in [3.05, 3.63) is 30.3 Å². The summed E-state index contributed by atoms with van der Waals surface area (Å²) in [5.74, 6) is 0.496. The van der Waals surface area contributed by atoms with Gasteiger partial charge in [-0.1, -0.05) is 12.7 Å². The maximum absolute atomic E-state index is 12.1. The minimum atomic E-state index is -3.72. The van der Waals surface area contributed by atoms with Gasteiger partial charge in [0, 0.05) is 10.9 Å². The van der Waals surface area contributed by atoms with E-state index in [4.69, 9.17) is 11.9 Å². The summed E-state index contributed by atoms with van der Waals surface area (Å²) in [7, 11) is -3.72. The number of rotatable bonds is 6. The van der Waals surface area contributed by atoms with E-state index in [1.54, 1.807) is 13.0 Å². The first kappa shape index (κ1) is 11.1. The van der Waals surface area contributed by atoms with Gasteiger partial charge in [-0.3, -0.25) is 4.57 Å². The Morgan fingerprint density at radius 3 is 2.88 bits per heavy atom. The number of hydrogen-bond donors (Lipinski definition) is 0. The summed E-state index contributed by atoms with van der Waals surface area (Å²) in [4.78, 5) is 0. The fraction of sp³-hybridized carbons (Fsp3) is 0.385. The second kappa shape index (κ2) is 6.63. The molecule has 0 saturated carbocycles. The van der Waals surface area contributed by atoms with Crippen LogP contribution < -0.4 is 10.0 Å². The minimum Gasteiger partial charge on any atom is -0.490 e. The predicted octanol–water partition coefficient (Wildman–Crippen LogP) is 3.25. The highest BCUT2D eigenvalue weighted by molar-refractivity contribution is 7.48. The van der Waals surface area contributed by atoms with Gasteiger partial charge in [-0.15, -0.1) is 0 Å². The van der Waals surface area contributed by atoms with Gasteiger partial charge >= 0.3 is 0 Å². The lowest BCUT2D eigenvalue weighted by molar-refractivity contribution is 0.242. The Bertz CT molecular complexity index is 515. The maximum Gasteiger partial charge on any atom is 0.220 e. The average Bonchev–Trinajstić information content (AvgIpc) is 2.28. The van der Waals surface area contributed by atoms with E-state index in [2.05, 4.69) is 6.58 Å².